The maximum Gasteiger partial charge on any atom is 0.263 e. The van der Waals surface area contributed by atoms with Crippen LogP contribution in [0.1, 0.15) is 76.0 Å². The van der Waals surface area contributed by atoms with Gasteiger partial charge in [0.1, 0.15) is 11.4 Å². The van der Waals surface area contributed by atoms with Crippen molar-refractivity contribution in [3.63, 3.8) is 0 Å². The van der Waals surface area contributed by atoms with Gasteiger partial charge < -0.3 is 24.8 Å². The lowest BCUT2D eigenvalue weighted by Crippen LogP contribution is -2.42. The van der Waals surface area contributed by atoms with Gasteiger partial charge in [-0.25, -0.2) is 4.98 Å². The maximum atomic E-state index is 13.6. The number of pyridine rings is 2. The van der Waals surface area contributed by atoms with Crippen LogP contribution in [0.3, 0.4) is 0 Å². The summed E-state index contributed by atoms with van der Waals surface area (Å²) in [4.78, 5) is 46.7. The number of halogens is 1. The Morgan fingerprint density at radius 2 is 1.88 bits per heavy atom. The number of hydrogen-bond donors (Lipinski definition) is 2. The van der Waals surface area contributed by atoms with Gasteiger partial charge in [0, 0.05) is 67.7 Å². The number of likely N-dealkylation sites (tertiary alicyclic amines) is 1. The number of benzene rings is 1. The first-order chi connectivity index (χ1) is 19.9. The third-order valence-electron chi connectivity index (χ3n) is 7.85. The van der Waals surface area contributed by atoms with E-state index in [1.54, 1.807) is 35.9 Å². The SMILES string of the molecule is COCCNCc1cc(C(=O)Nc2cc(-c3ccc(Cl)cc3C(=O)N3CCC3)cc(C3CC3)n2)c(=O)n(C2CC2)c1. The molecule has 1 aromatic carbocycles. The topological polar surface area (TPSA) is 106 Å². The van der Waals surface area contributed by atoms with Crippen molar-refractivity contribution >= 4 is 29.2 Å². The highest BCUT2D eigenvalue weighted by Crippen LogP contribution is 2.41. The fourth-order valence-corrected chi connectivity index (χ4v) is 5.30. The van der Waals surface area contributed by atoms with Crippen LogP contribution in [-0.2, 0) is 11.3 Å². The van der Waals surface area contributed by atoms with E-state index in [4.69, 9.17) is 21.3 Å². The number of methoxy groups -OCH3 is 1. The van der Waals surface area contributed by atoms with Crippen LogP contribution >= 0.6 is 11.6 Å². The minimum absolute atomic E-state index is 0.0549. The first kappa shape index (κ1) is 27.6. The first-order valence-corrected chi connectivity index (χ1v) is 14.7. The van der Waals surface area contributed by atoms with Gasteiger partial charge in [0.15, 0.2) is 0 Å². The van der Waals surface area contributed by atoms with Crippen molar-refractivity contribution in [2.24, 2.45) is 0 Å². The van der Waals surface area contributed by atoms with Crippen LogP contribution in [0.25, 0.3) is 11.1 Å². The molecule has 1 aliphatic heterocycles. The van der Waals surface area contributed by atoms with E-state index < -0.39 is 5.91 Å². The van der Waals surface area contributed by atoms with Gasteiger partial charge in [-0.05, 0) is 79.1 Å². The molecule has 41 heavy (non-hydrogen) atoms. The van der Waals surface area contributed by atoms with E-state index >= 15 is 0 Å². The van der Waals surface area contributed by atoms with Gasteiger partial charge in [-0.15, -0.1) is 0 Å². The quantitative estimate of drug-likeness (QED) is 0.324. The molecule has 0 atom stereocenters. The number of anilines is 1. The molecule has 6 rings (SSSR count). The molecule has 2 N–H and O–H groups in total. The zero-order chi connectivity index (χ0) is 28.5. The summed E-state index contributed by atoms with van der Waals surface area (Å²) in [6.07, 6.45) is 6.73. The number of ether oxygens (including phenoxy) is 1. The molecule has 0 unspecified atom stereocenters. The van der Waals surface area contributed by atoms with E-state index in [0.29, 0.717) is 42.0 Å². The molecule has 2 amide bonds. The summed E-state index contributed by atoms with van der Waals surface area (Å²) in [5.41, 5.74) is 3.56. The van der Waals surface area contributed by atoms with E-state index in [9.17, 15) is 14.4 Å². The van der Waals surface area contributed by atoms with Crippen LogP contribution in [0, 0.1) is 0 Å². The second kappa shape index (κ2) is 11.8. The number of hydrogen-bond acceptors (Lipinski definition) is 6. The van der Waals surface area contributed by atoms with Crippen molar-refractivity contribution in [1.82, 2.24) is 19.8 Å². The van der Waals surface area contributed by atoms with E-state index in [1.807, 2.05) is 23.2 Å². The minimum Gasteiger partial charge on any atom is -0.383 e. The van der Waals surface area contributed by atoms with Crippen LogP contribution < -0.4 is 16.2 Å². The number of carbonyl (C=O) groups excluding carboxylic acids is 2. The lowest BCUT2D eigenvalue weighted by molar-refractivity contribution is 0.0652. The van der Waals surface area contributed by atoms with Crippen LogP contribution in [0.4, 0.5) is 5.82 Å². The molecule has 2 saturated carbocycles. The van der Waals surface area contributed by atoms with Crippen molar-refractivity contribution in [2.75, 3.05) is 38.7 Å². The summed E-state index contributed by atoms with van der Waals surface area (Å²) >= 11 is 6.31. The molecule has 0 bridgehead atoms. The summed E-state index contributed by atoms with van der Waals surface area (Å²) in [5, 5.41) is 6.68. The zero-order valence-corrected chi connectivity index (χ0v) is 23.9. The van der Waals surface area contributed by atoms with E-state index in [1.165, 1.54) is 0 Å². The minimum atomic E-state index is -0.498. The normalized spacial score (nSPS) is 16.4. The smallest absolute Gasteiger partial charge is 0.263 e. The largest absolute Gasteiger partial charge is 0.383 e. The molecule has 9 nitrogen and oxygen atoms in total. The average molecular weight is 576 g/mol. The molecular formula is C31H34ClN5O4. The first-order valence-electron chi connectivity index (χ1n) is 14.3. The standard InChI is InChI=1S/C31H34ClN5O4/c1-41-12-9-33-17-19-13-26(31(40)37(18-19)23-6-7-23)29(38)35-28-15-21(14-27(34-28)20-3-4-20)24-8-5-22(32)16-25(24)30(39)36-10-2-11-36/h5,8,13-16,18,20,23,33H,2-4,6-7,9-12,17H2,1H3,(H,34,35,38). The number of rotatable bonds is 11. The zero-order valence-electron chi connectivity index (χ0n) is 23.1. The number of amides is 2. The van der Waals surface area contributed by atoms with E-state index in [-0.39, 0.29) is 23.1 Å². The summed E-state index contributed by atoms with van der Waals surface area (Å²) in [6, 6.07) is 10.9. The number of nitrogens with zero attached hydrogens (tertiary/aromatic N) is 3. The molecule has 3 heterocycles. The molecule has 0 radical (unpaired) electrons. The Morgan fingerprint density at radius 3 is 2.56 bits per heavy atom. The Balaban J connectivity index is 1.32. The molecule has 2 aliphatic carbocycles. The van der Waals surface area contributed by atoms with Crippen molar-refractivity contribution in [2.45, 2.75) is 50.6 Å². The molecular weight excluding hydrogens is 542 g/mol. The highest BCUT2D eigenvalue weighted by Gasteiger charge is 2.30. The van der Waals surface area contributed by atoms with Crippen LogP contribution in [0.2, 0.25) is 5.02 Å². The maximum absolute atomic E-state index is 13.6. The summed E-state index contributed by atoms with van der Waals surface area (Å²) < 4.78 is 6.79. The monoisotopic (exact) mass is 575 g/mol. The van der Waals surface area contributed by atoms with Crippen molar-refractivity contribution in [3.8, 4) is 11.1 Å². The third-order valence-corrected chi connectivity index (χ3v) is 8.08. The van der Waals surface area contributed by atoms with E-state index in [2.05, 4.69) is 10.6 Å². The average Bonchev–Trinajstić information content (AvgIpc) is 3.84. The predicted molar refractivity (Wildman–Crippen MR) is 158 cm³/mol. The summed E-state index contributed by atoms with van der Waals surface area (Å²) in [6.45, 7) is 3.21. The van der Waals surface area contributed by atoms with E-state index in [0.717, 1.165) is 67.6 Å². The molecule has 3 aliphatic rings. The lowest BCUT2D eigenvalue weighted by Gasteiger charge is -2.31. The molecule has 3 fully saturated rings. The van der Waals surface area contributed by atoms with Gasteiger partial charge in [0.2, 0.25) is 0 Å². The lowest BCUT2D eigenvalue weighted by atomic mass is 9.97. The Kier molecular flexibility index (Phi) is 7.92. The molecule has 1 saturated heterocycles. The molecule has 10 heteroatoms. The number of nitrogens with one attached hydrogen (secondary N) is 2. The van der Waals surface area contributed by atoms with Gasteiger partial charge in [-0.2, -0.15) is 0 Å². The summed E-state index contributed by atoms with van der Waals surface area (Å²) in [5.74, 6) is 0.108. The fraction of sp³-hybridized carbons (Fsp3) is 0.419. The van der Waals surface area contributed by atoms with Gasteiger partial charge in [0.25, 0.3) is 17.4 Å². The van der Waals surface area contributed by atoms with Crippen molar-refractivity contribution < 1.29 is 14.3 Å². The Morgan fingerprint density at radius 1 is 1.07 bits per heavy atom. The Bertz CT molecular complexity index is 1540. The van der Waals surface area contributed by atoms with Crippen LogP contribution in [0.5, 0.6) is 0 Å². The second-order valence-corrected chi connectivity index (χ2v) is 11.5. The Hall–Kier alpha value is -3.53. The van der Waals surface area contributed by atoms with Crippen molar-refractivity contribution in [1.29, 1.82) is 0 Å². The molecule has 214 valence electrons. The number of carbonyl (C=O) groups is 2. The third kappa shape index (κ3) is 6.22. The molecule has 0 spiro atoms. The second-order valence-electron chi connectivity index (χ2n) is 11.1. The fourth-order valence-electron chi connectivity index (χ4n) is 5.13. The van der Waals surface area contributed by atoms with Crippen LogP contribution in [-0.4, -0.2) is 59.6 Å². The molecule has 2 aromatic heterocycles. The van der Waals surface area contributed by atoms with Gasteiger partial charge in [-0.1, -0.05) is 17.7 Å². The van der Waals surface area contributed by atoms with Crippen LogP contribution in [0.15, 0.2) is 47.4 Å². The van der Waals surface area contributed by atoms with Crippen molar-refractivity contribution in [3.05, 3.63) is 80.4 Å². The highest BCUT2D eigenvalue weighted by molar-refractivity contribution is 6.31. The summed E-state index contributed by atoms with van der Waals surface area (Å²) in [7, 11) is 1.65. The van der Waals surface area contributed by atoms with Gasteiger partial charge >= 0.3 is 0 Å². The number of aromatic nitrogens is 2. The van der Waals surface area contributed by atoms with Gasteiger partial charge in [-0.3, -0.25) is 14.4 Å². The van der Waals surface area contributed by atoms with Gasteiger partial charge in [0.05, 0.1) is 6.61 Å². The predicted octanol–water partition coefficient (Wildman–Crippen LogP) is 4.61. The Labute approximate surface area is 243 Å². The molecule has 3 aromatic rings. The highest BCUT2D eigenvalue weighted by atomic mass is 35.5.